The molecule has 0 bridgehead atoms. The van der Waals surface area contributed by atoms with Gasteiger partial charge in [-0.15, -0.1) is 0 Å². The lowest BCUT2D eigenvalue weighted by Crippen LogP contribution is -2.11. The molecular weight excluding hydrogens is 357 g/mol. The van der Waals surface area contributed by atoms with Crippen molar-refractivity contribution in [3.8, 4) is 17.6 Å². The molecule has 3 aromatic carbocycles. The van der Waals surface area contributed by atoms with E-state index in [1.165, 1.54) is 25.3 Å². The molecule has 28 heavy (non-hydrogen) atoms. The second kappa shape index (κ2) is 8.65. The zero-order valence-corrected chi connectivity index (χ0v) is 15.1. The fourth-order valence-electron chi connectivity index (χ4n) is 2.60. The highest BCUT2D eigenvalue weighted by Crippen LogP contribution is 2.30. The Morgan fingerprint density at radius 3 is 2.39 bits per heavy atom. The van der Waals surface area contributed by atoms with Crippen molar-refractivity contribution >= 4 is 17.6 Å². The number of hydrogen-bond acceptors (Lipinski definition) is 4. The van der Waals surface area contributed by atoms with Gasteiger partial charge in [0, 0.05) is 0 Å². The number of esters is 1. The van der Waals surface area contributed by atoms with Crippen molar-refractivity contribution in [1.82, 2.24) is 0 Å². The van der Waals surface area contributed by atoms with Crippen molar-refractivity contribution in [3.63, 3.8) is 0 Å². The summed E-state index contributed by atoms with van der Waals surface area (Å²) in [4.78, 5) is 12.2. The predicted octanol–water partition coefficient (Wildman–Crippen LogP) is 5.12. The number of carbonyl (C=O) groups is 1. The number of rotatable bonds is 5. The number of ether oxygens (including phenoxy) is 2. The molecule has 0 fully saturated rings. The molecular formula is C23H16FNO3. The number of nitrogens with zero attached hydrogens (tertiary/aromatic N) is 1. The Balaban J connectivity index is 1.89. The molecule has 138 valence electrons. The monoisotopic (exact) mass is 373 g/mol. The molecule has 0 radical (unpaired) electrons. The van der Waals surface area contributed by atoms with Gasteiger partial charge in [0.15, 0.2) is 11.5 Å². The molecule has 3 aromatic rings. The topological polar surface area (TPSA) is 59.3 Å². The quantitative estimate of drug-likeness (QED) is 0.270. The summed E-state index contributed by atoms with van der Waals surface area (Å²) in [7, 11) is 1.44. The van der Waals surface area contributed by atoms with Crippen molar-refractivity contribution in [2.75, 3.05) is 7.11 Å². The molecule has 3 rings (SSSR count). The molecule has 0 saturated heterocycles. The van der Waals surface area contributed by atoms with Gasteiger partial charge < -0.3 is 9.47 Å². The lowest BCUT2D eigenvalue weighted by molar-refractivity contribution is 0.0725. The van der Waals surface area contributed by atoms with Crippen LogP contribution in [0, 0.1) is 17.1 Å². The maximum atomic E-state index is 13.8. The Bertz CT molecular complexity index is 1070. The van der Waals surface area contributed by atoms with E-state index in [1.54, 1.807) is 30.3 Å². The number of carbonyl (C=O) groups excluding carboxylic acids is 1. The number of nitriles is 1. The van der Waals surface area contributed by atoms with Crippen LogP contribution >= 0.6 is 0 Å². The minimum Gasteiger partial charge on any atom is -0.493 e. The molecule has 0 spiro atoms. The number of halogens is 1. The lowest BCUT2D eigenvalue weighted by atomic mass is 10.0. The summed E-state index contributed by atoms with van der Waals surface area (Å²) in [6, 6.07) is 21.9. The number of hydrogen-bond donors (Lipinski definition) is 0. The maximum Gasteiger partial charge on any atom is 0.346 e. The average Bonchev–Trinajstić information content (AvgIpc) is 2.73. The Hall–Kier alpha value is -3.91. The fourth-order valence-corrected chi connectivity index (χ4v) is 2.60. The first-order valence-electron chi connectivity index (χ1n) is 8.44. The van der Waals surface area contributed by atoms with Gasteiger partial charge in [0.2, 0.25) is 0 Å². The predicted molar refractivity (Wildman–Crippen MR) is 104 cm³/mol. The molecule has 0 aromatic heterocycles. The largest absolute Gasteiger partial charge is 0.493 e. The van der Waals surface area contributed by atoms with Crippen LogP contribution in [0.15, 0.2) is 72.8 Å². The van der Waals surface area contributed by atoms with E-state index in [1.807, 2.05) is 30.3 Å². The first kappa shape index (κ1) is 18.9. The number of benzene rings is 3. The molecule has 0 saturated carbocycles. The molecule has 0 heterocycles. The van der Waals surface area contributed by atoms with Crippen LogP contribution in [0.4, 0.5) is 4.39 Å². The smallest absolute Gasteiger partial charge is 0.346 e. The summed E-state index contributed by atoms with van der Waals surface area (Å²) in [5.41, 5.74) is 1.81. The van der Waals surface area contributed by atoms with Gasteiger partial charge in [-0.2, -0.15) is 5.26 Å². The Labute approximate surface area is 162 Å². The van der Waals surface area contributed by atoms with E-state index in [0.29, 0.717) is 16.9 Å². The van der Waals surface area contributed by atoms with Crippen LogP contribution in [0.5, 0.6) is 11.5 Å². The van der Waals surface area contributed by atoms with Gasteiger partial charge >= 0.3 is 5.97 Å². The van der Waals surface area contributed by atoms with E-state index in [9.17, 15) is 14.4 Å². The average molecular weight is 373 g/mol. The van der Waals surface area contributed by atoms with Gasteiger partial charge in [-0.1, -0.05) is 48.5 Å². The second-order valence-corrected chi connectivity index (χ2v) is 5.82. The molecule has 0 aliphatic carbocycles. The van der Waals surface area contributed by atoms with Crippen molar-refractivity contribution in [2.45, 2.75) is 0 Å². The number of allylic oxidation sites excluding steroid dienone is 1. The van der Waals surface area contributed by atoms with Crippen LogP contribution < -0.4 is 9.47 Å². The summed E-state index contributed by atoms with van der Waals surface area (Å²) in [5.74, 6) is -1.02. The summed E-state index contributed by atoms with van der Waals surface area (Å²) in [6.45, 7) is 0. The SMILES string of the molecule is COc1cc(/C=C(/C#N)c2ccccc2)ccc1OC(=O)c1ccccc1F. The van der Waals surface area contributed by atoms with Gasteiger partial charge in [0.05, 0.1) is 24.3 Å². The van der Waals surface area contributed by atoms with E-state index in [4.69, 9.17) is 9.47 Å². The zero-order valence-electron chi connectivity index (χ0n) is 15.1. The maximum absolute atomic E-state index is 13.8. The van der Waals surface area contributed by atoms with E-state index in [-0.39, 0.29) is 11.3 Å². The number of methoxy groups -OCH3 is 1. The van der Waals surface area contributed by atoms with E-state index >= 15 is 0 Å². The van der Waals surface area contributed by atoms with Crippen LogP contribution in [0.3, 0.4) is 0 Å². The second-order valence-electron chi connectivity index (χ2n) is 5.82. The molecule has 4 nitrogen and oxygen atoms in total. The van der Waals surface area contributed by atoms with Crippen LogP contribution in [0.25, 0.3) is 11.6 Å². The normalized spacial score (nSPS) is 10.8. The Morgan fingerprint density at radius 2 is 1.71 bits per heavy atom. The van der Waals surface area contributed by atoms with Crippen molar-refractivity contribution in [2.24, 2.45) is 0 Å². The highest BCUT2D eigenvalue weighted by Gasteiger charge is 2.16. The molecule has 0 atom stereocenters. The summed E-state index contributed by atoms with van der Waals surface area (Å²) in [6.07, 6.45) is 1.71. The van der Waals surface area contributed by atoms with Gasteiger partial charge in [0.1, 0.15) is 5.82 Å². The van der Waals surface area contributed by atoms with E-state index in [0.717, 1.165) is 5.56 Å². The van der Waals surface area contributed by atoms with Crippen molar-refractivity contribution in [1.29, 1.82) is 5.26 Å². The van der Waals surface area contributed by atoms with Crippen LogP contribution in [-0.4, -0.2) is 13.1 Å². The molecule has 0 N–H and O–H groups in total. The Morgan fingerprint density at radius 1 is 1.00 bits per heavy atom. The van der Waals surface area contributed by atoms with Crippen LogP contribution in [-0.2, 0) is 0 Å². The highest BCUT2D eigenvalue weighted by atomic mass is 19.1. The third kappa shape index (κ3) is 4.25. The molecule has 0 amide bonds. The molecule has 0 aliphatic rings. The summed E-state index contributed by atoms with van der Waals surface area (Å²) < 4.78 is 24.3. The van der Waals surface area contributed by atoms with E-state index < -0.39 is 11.8 Å². The molecule has 0 aliphatic heterocycles. The van der Waals surface area contributed by atoms with Crippen molar-refractivity contribution < 1.29 is 18.7 Å². The van der Waals surface area contributed by atoms with Crippen LogP contribution in [0.1, 0.15) is 21.5 Å². The Kier molecular flexibility index (Phi) is 5.83. The van der Waals surface area contributed by atoms with Crippen molar-refractivity contribution in [3.05, 3.63) is 95.3 Å². The summed E-state index contributed by atoms with van der Waals surface area (Å²) in [5, 5.41) is 9.44. The first-order chi connectivity index (χ1) is 13.6. The third-order valence-corrected chi connectivity index (χ3v) is 4.00. The molecule has 5 heteroatoms. The molecule has 0 unspecified atom stereocenters. The minimum absolute atomic E-state index is 0.158. The van der Waals surface area contributed by atoms with Crippen LogP contribution in [0.2, 0.25) is 0 Å². The van der Waals surface area contributed by atoms with Gasteiger partial charge in [-0.3, -0.25) is 0 Å². The minimum atomic E-state index is -0.818. The first-order valence-corrected chi connectivity index (χ1v) is 8.44. The fraction of sp³-hybridized carbons (Fsp3) is 0.0435. The third-order valence-electron chi connectivity index (χ3n) is 4.00. The van der Waals surface area contributed by atoms with Gasteiger partial charge in [0.25, 0.3) is 0 Å². The zero-order chi connectivity index (χ0) is 19.9. The highest BCUT2D eigenvalue weighted by molar-refractivity contribution is 5.92. The standard InChI is InChI=1S/C23H16FNO3/c1-27-22-14-16(13-18(15-25)17-7-3-2-4-8-17)11-12-21(22)28-23(26)19-9-5-6-10-20(19)24/h2-14H,1H3/b18-13-. The van der Waals surface area contributed by atoms with Gasteiger partial charge in [-0.05, 0) is 41.5 Å². The lowest BCUT2D eigenvalue weighted by Gasteiger charge is -2.10. The van der Waals surface area contributed by atoms with E-state index in [2.05, 4.69) is 6.07 Å². The van der Waals surface area contributed by atoms with Gasteiger partial charge in [-0.25, -0.2) is 9.18 Å². The summed E-state index contributed by atoms with van der Waals surface area (Å²) >= 11 is 0.